The number of nitrogens with one attached hydrogen (secondary N) is 2. The third kappa shape index (κ3) is 3.78. The van der Waals surface area contributed by atoms with E-state index in [2.05, 4.69) is 10.6 Å². The van der Waals surface area contributed by atoms with Gasteiger partial charge in [0.25, 0.3) is 11.8 Å². The molecule has 0 aromatic heterocycles. The fraction of sp³-hybridized carbons (Fsp3) is 0.545. The highest BCUT2D eigenvalue weighted by atomic mass is 16.5. The van der Waals surface area contributed by atoms with Crippen LogP contribution in [0.1, 0.15) is 48.5 Å². The summed E-state index contributed by atoms with van der Waals surface area (Å²) in [6.45, 7) is 5.38. The van der Waals surface area contributed by atoms with E-state index in [9.17, 15) is 19.2 Å². The number of carbonyl (C=O) groups is 4. The Labute approximate surface area is 181 Å². The molecule has 9 heteroatoms. The SMILES string of the molecule is Cc1c(NC(=O)C(C)N2C(=O)NC3(CCCC3)C2=O)cccc1C(=O)N1CCOCC1. The van der Waals surface area contributed by atoms with Gasteiger partial charge in [0, 0.05) is 24.3 Å². The zero-order valence-electron chi connectivity index (χ0n) is 17.9. The van der Waals surface area contributed by atoms with Gasteiger partial charge >= 0.3 is 6.03 Å². The number of hydrogen-bond acceptors (Lipinski definition) is 5. The van der Waals surface area contributed by atoms with E-state index in [0.29, 0.717) is 56.0 Å². The molecule has 1 spiro atoms. The minimum absolute atomic E-state index is 0.109. The van der Waals surface area contributed by atoms with E-state index in [0.717, 1.165) is 17.7 Å². The molecule has 1 aromatic rings. The molecule has 3 aliphatic rings. The summed E-state index contributed by atoms with van der Waals surface area (Å²) in [4.78, 5) is 54.0. The topological polar surface area (TPSA) is 108 Å². The first kappa shape index (κ1) is 21.3. The Morgan fingerprint density at radius 2 is 1.84 bits per heavy atom. The van der Waals surface area contributed by atoms with E-state index in [1.807, 2.05) is 0 Å². The van der Waals surface area contributed by atoms with Crippen molar-refractivity contribution in [2.75, 3.05) is 31.6 Å². The molecule has 2 heterocycles. The molecule has 0 radical (unpaired) electrons. The van der Waals surface area contributed by atoms with Crippen LogP contribution in [0.3, 0.4) is 0 Å². The van der Waals surface area contributed by atoms with Crippen molar-refractivity contribution in [3.05, 3.63) is 29.3 Å². The predicted molar refractivity (Wildman–Crippen MR) is 113 cm³/mol. The smallest absolute Gasteiger partial charge is 0.325 e. The van der Waals surface area contributed by atoms with Gasteiger partial charge in [-0.3, -0.25) is 14.4 Å². The summed E-state index contributed by atoms with van der Waals surface area (Å²) < 4.78 is 5.30. The van der Waals surface area contributed by atoms with Crippen LogP contribution in [0.4, 0.5) is 10.5 Å². The Bertz CT molecular complexity index is 918. The normalized spacial score (nSPS) is 21.4. The molecule has 166 valence electrons. The molecule has 4 rings (SSSR count). The summed E-state index contributed by atoms with van der Waals surface area (Å²) in [5.74, 6) is -0.912. The Kier molecular flexibility index (Phi) is 5.70. The fourth-order valence-corrected chi connectivity index (χ4v) is 4.60. The summed E-state index contributed by atoms with van der Waals surface area (Å²) in [6.07, 6.45) is 2.97. The van der Waals surface area contributed by atoms with Crippen LogP contribution in [0.2, 0.25) is 0 Å². The summed E-state index contributed by atoms with van der Waals surface area (Å²) in [6, 6.07) is 3.66. The molecule has 3 fully saturated rings. The van der Waals surface area contributed by atoms with Crippen LogP contribution in [0.25, 0.3) is 0 Å². The molecule has 1 atom stereocenters. The molecule has 2 aliphatic heterocycles. The van der Waals surface area contributed by atoms with Crippen molar-refractivity contribution in [3.63, 3.8) is 0 Å². The van der Waals surface area contributed by atoms with Gasteiger partial charge < -0.3 is 20.3 Å². The van der Waals surface area contributed by atoms with E-state index >= 15 is 0 Å². The van der Waals surface area contributed by atoms with Crippen LogP contribution in [0.15, 0.2) is 18.2 Å². The van der Waals surface area contributed by atoms with Gasteiger partial charge in [0.05, 0.1) is 13.2 Å². The van der Waals surface area contributed by atoms with Crippen LogP contribution in [0.5, 0.6) is 0 Å². The lowest BCUT2D eigenvalue weighted by molar-refractivity contribution is -0.136. The van der Waals surface area contributed by atoms with E-state index in [4.69, 9.17) is 4.74 Å². The number of ether oxygens (including phenoxy) is 1. The number of rotatable bonds is 4. The first-order valence-electron chi connectivity index (χ1n) is 10.8. The third-order valence-electron chi connectivity index (χ3n) is 6.54. The second kappa shape index (κ2) is 8.30. The summed E-state index contributed by atoms with van der Waals surface area (Å²) in [5.41, 5.74) is 0.779. The molecule has 5 amide bonds. The van der Waals surface area contributed by atoms with E-state index in [1.165, 1.54) is 0 Å². The number of imide groups is 1. The average molecular weight is 428 g/mol. The largest absolute Gasteiger partial charge is 0.378 e. The van der Waals surface area contributed by atoms with Gasteiger partial charge in [-0.1, -0.05) is 18.9 Å². The molecule has 2 saturated heterocycles. The summed E-state index contributed by atoms with van der Waals surface area (Å²) in [7, 11) is 0. The monoisotopic (exact) mass is 428 g/mol. The Hall–Kier alpha value is -2.94. The van der Waals surface area contributed by atoms with Gasteiger partial charge in [-0.25, -0.2) is 9.69 Å². The minimum atomic E-state index is -0.967. The number of anilines is 1. The second-order valence-electron chi connectivity index (χ2n) is 8.44. The van der Waals surface area contributed by atoms with Crippen molar-refractivity contribution in [1.82, 2.24) is 15.1 Å². The van der Waals surface area contributed by atoms with Crippen LogP contribution in [-0.2, 0) is 14.3 Å². The predicted octanol–water partition coefficient (Wildman–Crippen LogP) is 1.66. The number of amides is 5. The molecule has 1 unspecified atom stereocenters. The first-order valence-corrected chi connectivity index (χ1v) is 10.8. The fourth-order valence-electron chi connectivity index (χ4n) is 4.60. The third-order valence-corrected chi connectivity index (χ3v) is 6.54. The lowest BCUT2D eigenvalue weighted by atomic mass is 9.97. The van der Waals surface area contributed by atoms with Crippen LogP contribution in [-0.4, -0.2) is 71.4 Å². The first-order chi connectivity index (χ1) is 14.8. The molecule has 1 aromatic carbocycles. The molecule has 2 N–H and O–H groups in total. The van der Waals surface area contributed by atoms with Gasteiger partial charge in [-0.05, 0) is 44.4 Å². The molecule has 1 saturated carbocycles. The lowest BCUT2D eigenvalue weighted by Crippen LogP contribution is -2.48. The van der Waals surface area contributed by atoms with E-state index in [-0.39, 0.29) is 11.8 Å². The maximum absolute atomic E-state index is 12.9. The number of hydrogen-bond donors (Lipinski definition) is 2. The zero-order chi connectivity index (χ0) is 22.2. The molecule has 31 heavy (non-hydrogen) atoms. The van der Waals surface area contributed by atoms with Crippen molar-refractivity contribution < 1.29 is 23.9 Å². The van der Waals surface area contributed by atoms with Crippen LogP contribution < -0.4 is 10.6 Å². The number of benzene rings is 1. The number of urea groups is 1. The van der Waals surface area contributed by atoms with Gasteiger partial charge in [-0.15, -0.1) is 0 Å². The van der Waals surface area contributed by atoms with Crippen molar-refractivity contribution in [3.8, 4) is 0 Å². The second-order valence-corrected chi connectivity index (χ2v) is 8.44. The summed E-state index contributed by atoms with van der Waals surface area (Å²) >= 11 is 0. The molecular weight excluding hydrogens is 400 g/mol. The van der Waals surface area contributed by atoms with E-state index < -0.39 is 23.5 Å². The number of nitrogens with zero attached hydrogens (tertiary/aromatic N) is 2. The highest BCUT2D eigenvalue weighted by Gasteiger charge is 2.54. The van der Waals surface area contributed by atoms with E-state index in [1.54, 1.807) is 36.9 Å². The van der Waals surface area contributed by atoms with Crippen molar-refractivity contribution in [1.29, 1.82) is 0 Å². The quantitative estimate of drug-likeness (QED) is 0.709. The van der Waals surface area contributed by atoms with Gasteiger partial charge in [0.2, 0.25) is 5.91 Å². The summed E-state index contributed by atoms with van der Waals surface area (Å²) in [5, 5.41) is 5.59. The van der Waals surface area contributed by atoms with Gasteiger partial charge in [0.1, 0.15) is 11.6 Å². The highest BCUT2D eigenvalue weighted by Crippen LogP contribution is 2.36. The molecular formula is C22H28N4O5. The molecule has 0 bridgehead atoms. The van der Waals surface area contributed by atoms with Crippen LogP contribution in [0, 0.1) is 6.92 Å². The minimum Gasteiger partial charge on any atom is -0.378 e. The molecule has 9 nitrogen and oxygen atoms in total. The van der Waals surface area contributed by atoms with Gasteiger partial charge in [0.15, 0.2) is 0 Å². The maximum Gasteiger partial charge on any atom is 0.325 e. The highest BCUT2D eigenvalue weighted by molar-refractivity contribution is 6.11. The maximum atomic E-state index is 12.9. The zero-order valence-corrected chi connectivity index (χ0v) is 17.9. The van der Waals surface area contributed by atoms with Gasteiger partial charge in [-0.2, -0.15) is 0 Å². The average Bonchev–Trinajstić information content (AvgIpc) is 3.33. The van der Waals surface area contributed by atoms with Crippen molar-refractivity contribution in [2.24, 2.45) is 0 Å². The van der Waals surface area contributed by atoms with Crippen molar-refractivity contribution in [2.45, 2.75) is 51.1 Å². The number of morpholine rings is 1. The lowest BCUT2D eigenvalue weighted by Gasteiger charge is -2.28. The Morgan fingerprint density at radius 3 is 2.52 bits per heavy atom. The van der Waals surface area contributed by atoms with Crippen LogP contribution >= 0.6 is 0 Å². The van der Waals surface area contributed by atoms with Crippen molar-refractivity contribution >= 4 is 29.4 Å². The number of carbonyl (C=O) groups excluding carboxylic acids is 4. The standard InChI is InChI=1S/C22H28N4O5/c1-14-16(19(28)25-10-12-31-13-11-25)6-5-7-17(14)23-18(27)15(2)26-20(29)22(24-21(26)30)8-3-4-9-22/h5-7,15H,3-4,8-13H2,1-2H3,(H,23,27)(H,24,30). The Morgan fingerprint density at radius 1 is 1.16 bits per heavy atom. The molecule has 1 aliphatic carbocycles. The Balaban J connectivity index is 1.49.